The molecule has 0 bridgehead atoms. The van der Waals surface area contributed by atoms with Gasteiger partial charge in [-0.2, -0.15) is 0 Å². The first kappa shape index (κ1) is 12.6. The molecule has 1 saturated heterocycles. The van der Waals surface area contributed by atoms with E-state index in [-0.39, 0.29) is 6.04 Å². The smallest absolute Gasteiger partial charge is 0.0616 e. The van der Waals surface area contributed by atoms with E-state index in [2.05, 4.69) is 34.3 Å². The third-order valence-corrected chi connectivity index (χ3v) is 5.27. The van der Waals surface area contributed by atoms with Gasteiger partial charge in [0.25, 0.3) is 0 Å². The number of halogens is 1. The first-order chi connectivity index (χ1) is 7.72. The Morgan fingerprint density at radius 1 is 1.69 bits per heavy atom. The van der Waals surface area contributed by atoms with Gasteiger partial charge in [0, 0.05) is 27.9 Å². The van der Waals surface area contributed by atoms with Crippen molar-refractivity contribution in [2.24, 2.45) is 11.7 Å². The van der Waals surface area contributed by atoms with Gasteiger partial charge in [0.15, 0.2) is 0 Å². The van der Waals surface area contributed by atoms with Crippen LogP contribution in [-0.2, 0) is 11.2 Å². The van der Waals surface area contributed by atoms with Crippen molar-refractivity contribution in [3.05, 3.63) is 20.8 Å². The number of hydrogen-bond acceptors (Lipinski definition) is 3. The number of nitrogens with two attached hydrogens (primary N) is 1. The molecular formula is C12H18BrNOS. The molecule has 1 fully saturated rings. The molecule has 2 N–H and O–H groups in total. The Hall–Kier alpha value is 0.100. The first-order valence-corrected chi connectivity index (χ1v) is 7.48. The summed E-state index contributed by atoms with van der Waals surface area (Å²) in [5, 5.41) is 2.11. The van der Waals surface area contributed by atoms with Crippen LogP contribution in [0.5, 0.6) is 0 Å². The molecule has 3 unspecified atom stereocenters. The molecule has 1 aromatic heterocycles. The van der Waals surface area contributed by atoms with Gasteiger partial charge in [0.1, 0.15) is 0 Å². The van der Waals surface area contributed by atoms with Crippen molar-refractivity contribution in [2.75, 3.05) is 6.61 Å². The minimum atomic E-state index is 0.224. The quantitative estimate of drug-likeness (QED) is 0.927. The minimum absolute atomic E-state index is 0.224. The van der Waals surface area contributed by atoms with Gasteiger partial charge in [-0.05, 0) is 46.6 Å². The first-order valence-electron chi connectivity index (χ1n) is 5.81. The van der Waals surface area contributed by atoms with Crippen LogP contribution in [-0.4, -0.2) is 18.8 Å². The Balaban J connectivity index is 1.97. The van der Waals surface area contributed by atoms with Crippen LogP contribution in [0.3, 0.4) is 0 Å². The summed E-state index contributed by atoms with van der Waals surface area (Å²) >= 11 is 5.34. The van der Waals surface area contributed by atoms with Crippen LogP contribution in [0.15, 0.2) is 15.9 Å². The zero-order valence-electron chi connectivity index (χ0n) is 9.49. The largest absolute Gasteiger partial charge is 0.378 e. The van der Waals surface area contributed by atoms with Crippen LogP contribution in [0.2, 0.25) is 0 Å². The standard InChI is InChI=1S/C12H18BrNOS/c1-2-11-8(3-5-15-11)10(14)7-12-9(13)4-6-16-12/h4,6,8,10-11H,2-3,5,7,14H2,1H3. The van der Waals surface area contributed by atoms with E-state index in [1.54, 1.807) is 11.3 Å². The maximum Gasteiger partial charge on any atom is 0.0616 e. The molecule has 0 radical (unpaired) electrons. The third kappa shape index (κ3) is 2.67. The molecule has 2 nitrogen and oxygen atoms in total. The molecule has 1 aromatic rings. The van der Waals surface area contributed by atoms with E-state index in [0.29, 0.717) is 12.0 Å². The van der Waals surface area contributed by atoms with E-state index < -0.39 is 0 Å². The maximum atomic E-state index is 6.31. The predicted molar refractivity (Wildman–Crippen MR) is 71.8 cm³/mol. The summed E-state index contributed by atoms with van der Waals surface area (Å²) in [5.74, 6) is 0.527. The minimum Gasteiger partial charge on any atom is -0.378 e. The molecule has 0 amide bonds. The molecule has 2 rings (SSSR count). The zero-order chi connectivity index (χ0) is 11.5. The summed E-state index contributed by atoms with van der Waals surface area (Å²) in [5.41, 5.74) is 6.31. The molecule has 0 spiro atoms. The van der Waals surface area contributed by atoms with Gasteiger partial charge in [0.05, 0.1) is 6.10 Å². The van der Waals surface area contributed by atoms with Crippen molar-refractivity contribution in [2.45, 2.75) is 38.3 Å². The lowest BCUT2D eigenvalue weighted by Gasteiger charge is -2.23. The van der Waals surface area contributed by atoms with E-state index in [4.69, 9.17) is 10.5 Å². The van der Waals surface area contributed by atoms with Gasteiger partial charge in [-0.15, -0.1) is 11.3 Å². The highest BCUT2D eigenvalue weighted by Crippen LogP contribution is 2.30. The zero-order valence-corrected chi connectivity index (χ0v) is 11.9. The van der Waals surface area contributed by atoms with Crippen LogP contribution in [0, 0.1) is 5.92 Å². The van der Waals surface area contributed by atoms with E-state index in [0.717, 1.165) is 25.9 Å². The lowest BCUT2D eigenvalue weighted by atomic mass is 9.89. The molecule has 2 heterocycles. The average molecular weight is 304 g/mol. The van der Waals surface area contributed by atoms with Crippen LogP contribution in [0.4, 0.5) is 0 Å². The number of hydrogen-bond donors (Lipinski definition) is 1. The topological polar surface area (TPSA) is 35.2 Å². The van der Waals surface area contributed by atoms with Crippen molar-refractivity contribution in [3.8, 4) is 0 Å². The summed E-state index contributed by atoms with van der Waals surface area (Å²) in [4.78, 5) is 1.36. The van der Waals surface area contributed by atoms with E-state index >= 15 is 0 Å². The van der Waals surface area contributed by atoms with Crippen LogP contribution >= 0.6 is 27.3 Å². The van der Waals surface area contributed by atoms with E-state index in [1.165, 1.54) is 9.35 Å². The Labute approximate surface area is 109 Å². The number of rotatable bonds is 4. The van der Waals surface area contributed by atoms with Crippen molar-refractivity contribution in [1.29, 1.82) is 0 Å². The van der Waals surface area contributed by atoms with Crippen LogP contribution in [0.25, 0.3) is 0 Å². The second-order valence-corrected chi connectivity index (χ2v) is 6.18. The maximum absolute atomic E-state index is 6.31. The van der Waals surface area contributed by atoms with Gasteiger partial charge in [-0.3, -0.25) is 0 Å². The lowest BCUT2D eigenvalue weighted by Crippen LogP contribution is -2.36. The van der Waals surface area contributed by atoms with Gasteiger partial charge in [0.2, 0.25) is 0 Å². The van der Waals surface area contributed by atoms with Gasteiger partial charge >= 0.3 is 0 Å². The number of ether oxygens (including phenoxy) is 1. The van der Waals surface area contributed by atoms with Crippen molar-refractivity contribution >= 4 is 27.3 Å². The normalized spacial score (nSPS) is 27.2. The second-order valence-electron chi connectivity index (χ2n) is 4.33. The molecule has 0 aliphatic carbocycles. The van der Waals surface area contributed by atoms with Gasteiger partial charge < -0.3 is 10.5 Å². The fraction of sp³-hybridized carbons (Fsp3) is 0.667. The molecule has 3 atom stereocenters. The highest BCUT2D eigenvalue weighted by molar-refractivity contribution is 9.10. The molecule has 1 aliphatic rings. The Morgan fingerprint density at radius 2 is 2.50 bits per heavy atom. The Kier molecular flexibility index (Phi) is 4.41. The fourth-order valence-electron chi connectivity index (χ4n) is 2.41. The van der Waals surface area contributed by atoms with Crippen molar-refractivity contribution < 1.29 is 4.74 Å². The molecule has 0 aromatic carbocycles. The SMILES string of the molecule is CCC1OCCC1C(N)Cc1sccc1Br. The fourth-order valence-corrected chi connectivity index (χ4v) is 4.00. The third-order valence-electron chi connectivity index (χ3n) is 3.33. The molecule has 90 valence electrons. The highest BCUT2D eigenvalue weighted by atomic mass is 79.9. The summed E-state index contributed by atoms with van der Waals surface area (Å²) in [6.07, 6.45) is 3.52. The van der Waals surface area contributed by atoms with E-state index in [9.17, 15) is 0 Å². The average Bonchev–Trinajstić information content (AvgIpc) is 2.87. The number of thiophene rings is 1. The monoisotopic (exact) mass is 303 g/mol. The molecule has 1 aliphatic heterocycles. The summed E-state index contributed by atoms with van der Waals surface area (Å²) in [6, 6.07) is 2.32. The van der Waals surface area contributed by atoms with Crippen molar-refractivity contribution in [1.82, 2.24) is 0 Å². The summed E-state index contributed by atoms with van der Waals surface area (Å²) < 4.78 is 6.89. The summed E-state index contributed by atoms with van der Waals surface area (Å²) in [6.45, 7) is 3.05. The van der Waals surface area contributed by atoms with E-state index in [1.807, 2.05) is 0 Å². The highest BCUT2D eigenvalue weighted by Gasteiger charge is 2.31. The summed E-state index contributed by atoms with van der Waals surface area (Å²) in [7, 11) is 0. The Morgan fingerprint density at radius 3 is 3.12 bits per heavy atom. The van der Waals surface area contributed by atoms with Gasteiger partial charge in [-0.25, -0.2) is 0 Å². The van der Waals surface area contributed by atoms with Crippen LogP contribution in [0.1, 0.15) is 24.6 Å². The molecule has 0 saturated carbocycles. The van der Waals surface area contributed by atoms with Crippen LogP contribution < -0.4 is 5.73 Å². The second kappa shape index (κ2) is 5.63. The predicted octanol–water partition coefficient (Wildman–Crippen LogP) is 3.20. The molecule has 4 heteroatoms. The molecular weight excluding hydrogens is 286 g/mol. The lowest BCUT2D eigenvalue weighted by molar-refractivity contribution is 0.0814. The Bertz CT molecular complexity index is 342. The van der Waals surface area contributed by atoms with Crippen molar-refractivity contribution in [3.63, 3.8) is 0 Å². The molecule has 16 heavy (non-hydrogen) atoms. The van der Waals surface area contributed by atoms with Gasteiger partial charge in [-0.1, -0.05) is 6.92 Å².